The van der Waals surface area contributed by atoms with Crippen LogP contribution in [0, 0.1) is 6.92 Å². The lowest BCUT2D eigenvalue weighted by atomic mass is 9.88. The molecule has 0 aliphatic heterocycles. The van der Waals surface area contributed by atoms with E-state index in [0.717, 1.165) is 17.3 Å². The van der Waals surface area contributed by atoms with Crippen molar-refractivity contribution < 1.29 is 0 Å². The molecule has 0 amide bonds. The van der Waals surface area contributed by atoms with Crippen molar-refractivity contribution >= 4 is 15.9 Å². The van der Waals surface area contributed by atoms with Crippen molar-refractivity contribution in [3.05, 3.63) is 33.8 Å². The van der Waals surface area contributed by atoms with Gasteiger partial charge in [-0.1, -0.05) is 46.5 Å². The zero-order chi connectivity index (χ0) is 10.2. The molecule has 0 atom stereocenters. The van der Waals surface area contributed by atoms with Gasteiger partial charge in [-0.25, -0.2) is 0 Å². The maximum atomic E-state index is 6.42. The molecule has 2 N–H and O–H groups in total. The zero-order valence-electron chi connectivity index (χ0n) is 8.52. The molecule has 1 aromatic carbocycles. The van der Waals surface area contributed by atoms with Crippen molar-refractivity contribution in [2.24, 2.45) is 5.73 Å². The van der Waals surface area contributed by atoms with Crippen LogP contribution in [0.5, 0.6) is 0 Å². The van der Waals surface area contributed by atoms with Crippen molar-refractivity contribution in [3.8, 4) is 0 Å². The van der Waals surface area contributed by atoms with E-state index in [2.05, 4.69) is 41.1 Å². The monoisotopic (exact) mass is 253 g/mol. The van der Waals surface area contributed by atoms with Crippen molar-refractivity contribution in [3.63, 3.8) is 0 Å². The van der Waals surface area contributed by atoms with Gasteiger partial charge in [0.25, 0.3) is 0 Å². The first-order chi connectivity index (χ1) is 6.62. The van der Waals surface area contributed by atoms with Crippen LogP contribution in [0.4, 0.5) is 0 Å². The summed E-state index contributed by atoms with van der Waals surface area (Å²) in [5.74, 6) is 0. The summed E-state index contributed by atoms with van der Waals surface area (Å²) in [4.78, 5) is 0. The first kappa shape index (κ1) is 10.2. The highest BCUT2D eigenvalue weighted by molar-refractivity contribution is 9.10. The van der Waals surface area contributed by atoms with E-state index in [4.69, 9.17) is 5.73 Å². The summed E-state index contributed by atoms with van der Waals surface area (Å²) in [5, 5.41) is 0. The Labute approximate surface area is 93.8 Å². The minimum atomic E-state index is -0.0785. The Kier molecular flexibility index (Phi) is 2.67. The van der Waals surface area contributed by atoms with Gasteiger partial charge in [-0.3, -0.25) is 0 Å². The van der Waals surface area contributed by atoms with E-state index in [0.29, 0.717) is 0 Å². The third kappa shape index (κ3) is 1.73. The van der Waals surface area contributed by atoms with Crippen LogP contribution in [0.25, 0.3) is 0 Å². The van der Waals surface area contributed by atoms with E-state index in [1.165, 1.54) is 24.0 Å². The lowest BCUT2D eigenvalue weighted by Crippen LogP contribution is -2.33. The van der Waals surface area contributed by atoms with E-state index < -0.39 is 0 Å². The molecule has 1 aliphatic carbocycles. The molecule has 0 aromatic heterocycles. The van der Waals surface area contributed by atoms with E-state index in [9.17, 15) is 0 Å². The Hall–Kier alpha value is -0.340. The first-order valence-corrected chi connectivity index (χ1v) is 5.97. The lowest BCUT2D eigenvalue weighted by Gasteiger charge is -2.25. The van der Waals surface area contributed by atoms with E-state index in [1.54, 1.807) is 0 Å². The molecule has 1 nitrogen and oxygen atoms in total. The minimum Gasteiger partial charge on any atom is -0.321 e. The summed E-state index contributed by atoms with van der Waals surface area (Å²) >= 11 is 3.60. The van der Waals surface area contributed by atoms with Crippen LogP contribution in [-0.4, -0.2) is 0 Å². The topological polar surface area (TPSA) is 26.0 Å². The van der Waals surface area contributed by atoms with Gasteiger partial charge in [0.2, 0.25) is 0 Å². The van der Waals surface area contributed by atoms with Gasteiger partial charge in [-0.15, -0.1) is 0 Å². The van der Waals surface area contributed by atoms with Gasteiger partial charge >= 0.3 is 0 Å². The highest BCUT2D eigenvalue weighted by Crippen LogP contribution is 2.39. The lowest BCUT2D eigenvalue weighted by molar-refractivity contribution is 0.459. The summed E-state index contributed by atoms with van der Waals surface area (Å²) in [6.45, 7) is 2.12. The predicted octanol–water partition coefficient (Wildman–Crippen LogP) is 3.49. The average Bonchev–Trinajstić information content (AvgIpc) is 2.58. The molecule has 0 heterocycles. The number of hydrogen-bond acceptors (Lipinski definition) is 1. The van der Waals surface area contributed by atoms with Gasteiger partial charge in [0, 0.05) is 10.0 Å². The molecule has 0 spiro atoms. The summed E-state index contributed by atoms with van der Waals surface area (Å²) in [6.07, 6.45) is 4.76. The fraction of sp³-hybridized carbons (Fsp3) is 0.500. The zero-order valence-corrected chi connectivity index (χ0v) is 10.1. The summed E-state index contributed by atoms with van der Waals surface area (Å²) in [6, 6.07) is 6.44. The third-order valence-corrected chi connectivity index (χ3v) is 3.85. The third-order valence-electron chi connectivity index (χ3n) is 3.15. The van der Waals surface area contributed by atoms with Crippen molar-refractivity contribution in [2.75, 3.05) is 0 Å². The Bertz CT molecular complexity index is 340. The number of halogens is 1. The fourth-order valence-corrected chi connectivity index (χ4v) is 2.94. The molecular weight excluding hydrogens is 238 g/mol. The molecule has 1 aromatic rings. The van der Waals surface area contributed by atoms with E-state index in [-0.39, 0.29) is 5.54 Å². The van der Waals surface area contributed by atoms with Gasteiger partial charge in [0.1, 0.15) is 0 Å². The second-order valence-electron chi connectivity index (χ2n) is 4.35. The molecular formula is C12H16BrN. The highest BCUT2D eigenvalue weighted by Gasteiger charge is 2.32. The number of nitrogens with two attached hydrogens (primary N) is 1. The Balaban J connectivity index is 2.44. The smallest absolute Gasteiger partial charge is 0.0421 e. The summed E-state index contributed by atoms with van der Waals surface area (Å²) in [7, 11) is 0. The highest BCUT2D eigenvalue weighted by atomic mass is 79.9. The van der Waals surface area contributed by atoms with Crippen LogP contribution in [0.15, 0.2) is 22.7 Å². The minimum absolute atomic E-state index is 0.0785. The second kappa shape index (κ2) is 3.67. The van der Waals surface area contributed by atoms with Gasteiger partial charge in [-0.2, -0.15) is 0 Å². The number of hydrogen-bond donors (Lipinski definition) is 1. The van der Waals surface area contributed by atoms with Crippen molar-refractivity contribution in [2.45, 2.75) is 38.1 Å². The van der Waals surface area contributed by atoms with Crippen LogP contribution < -0.4 is 5.73 Å². The van der Waals surface area contributed by atoms with Crippen LogP contribution in [-0.2, 0) is 5.54 Å². The maximum absolute atomic E-state index is 6.42. The molecule has 1 fully saturated rings. The molecule has 1 aliphatic rings. The van der Waals surface area contributed by atoms with Crippen molar-refractivity contribution in [1.82, 2.24) is 0 Å². The van der Waals surface area contributed by atoms with Crippen LogP contribution >= 0.6 is 15.9 Å². The molecule has 1 saturated carbocycles. The Morgan fingerprint density at radius 2 is 1.93 bits per heavy atom. The first-order valence-electron chi connectivity index (χ1n) is 5.17. The van der Waals surface area contributed by atoms with Crippen LogP contribution in [0.1, 0.15) is 36.8 Å². The summed E-state index contributed by atoms with van der Waals surface area (Å²) in [5.41, 5.74) is 8.92. The number of aryl methyl sites for hydroxylation is 1. The molecule has 14 heavy (non-hydrogen) atoms. The molecule has 2 rings (SSSR count). The number of rotatable bonds is 1. The van der Waals surface area contributed by atoms with E-state index in [1.807, 2.05) is 0 Å². The second-order valence-corrected chi connectivity index (χ2v) is 5.20. The van der Waals surface area contributed by atoms with E-state index >= 15 is 0 Å². The Morgan fingerprint density at radius 1 is 1.29 bits per heavy atom. The Morgan fingerprint density at radius 3 is 2.57 bits per heavy atom. The van der Waals surface area contributed by atoms with Gasteiger partial charge in [-0.05, 0) is 31.4 Å². The maximum Gasteiger partial charge on any atom is 0.0421 e. The van der Waals surface area contributed by atoms with Gasteiger partial charge in [0.05, 0.1) is 0 Å². The molecule has 0 saturated heterocycles. The van der Waals surface area contributed by atoms with Crippen LogP contribution in [0.3, 0.4) is 0 Å². The quantitative estimate of drug-likeness (QED) is 0.815. The summed E-state index contributed by atoms with van der Waals surface area (Å²) < 4.78 is 1.16. The van der Waals surface area contributed by atoms with Gasteiger partial charge < -0.3 is 5.73 Å². The molecule has 2 heteroatoms. The normalized spacial score (nSPS) is 19.9. The van der Waals surface area contributed by atoms with Gasteiger partial charge in [0.15, 0.2) is 0 Å². The molecule has 76 valence electrons. The standard InChI is InChI=1S/C12H16BrN/c1-9-4-5-11(13)10(8-9)12(14)6-2-3-7-12/h4-5,8H,2-3,6-7,14H2,1H3. The molecule has 0 radical (unpaired) electrons. The fourth-order valence-electron chi connectivity index (χ4n) is 2.30. The molecule has 0 bridgehead atoms. The molecule has 0 unspecified atom stereocenters. The number of benzene rings is 1. The predicted molar refractivity (Wildman–Crippen MR) is 63.2 cm³/mol. The average molecular weight is 254 g/mol. The SMILES string of the molecule is Cc1ccc(Br)c(C2(N)CCCC2)c1. The van der Waals surface area contributed by atoms with Crippen LogP contribution in [0.2, 0.25) is 0 Å². The largest absolute Gasteiger partial charge is 0.321 e. The van der Waals surface area contributed by atoms with Crippen molar-refractivity contribution in [1.29, 1.82) is 0 Å².